The van der Waals surface area contributed by atoms with Crippen LogP contribution in [0.4, 0.5) is 5.69 Å². The molecular weight excluding hydrogens is 310 g/mol. The van der Waals surface area contributed by atoms with Crippen molar-refractivity contribution in [2.75, 3.05) is 0 Å². The average molecular weight is 320 g/mol. The Bertz CT molecular complexity index is 697. The summed E-state index contributed by atoms with van der Waals surface area (Å²) in [7, 11) is 0. The predicted octanol–water partition coefficient (Wildman–Crippen LogP) is 4.36. The number of aryl methyl sites for hydroxylation is 1. The van der Waals surface area contributed by atoms with Crippen molar-refractivity contribution in [2.45, 2.75) is 13.3 Å². The van der Waals surface area contributed by atoms with Gasteiger partial charge in [0, 0.05) is 29.7 Å². The van der Waals surface area contributed by atoms with E-state index in [0.29, 0.717) is 12.2 Å². The van der Waals surface area contributed by atoms with E-state index in [-0.39, 0.29) is 10.6 Å². The zero-order chi connectivity index (χ0) is 13.6. The van der Waals surface area contributed by atoms with E-state index in [0.717, 1.165) is 26.9 Å². The lowest BCUT2D eigenvalue weighted by atomic mass is 9.98. The number of hydrogen-bond donors (Lipinski definition) is 0. The number of nitro benzene ring substituents is 1. The summed E-state index contributed by atoms with van der Waals surface area (Å²) in [6.07, 6.45) is 0.645. The average Bonchev–Trinajstić information content (AvgIpc) is 2.35. The van der Waals surface area contributed by atoms with Gasteiger partial charge >= 0.3 is 0 Å². The molecule has 19 heavy (non-hydrogen) atoms. The van der Waals surface area contributed by atoms with Crippen LogP contribution in [0.5, 0.6) is 11.5 Å². The molecule has 0 aromatic heterocycles. The third kappa shape index (κ3) is 2.10. The quantitative estimate of drug-likeness (QED) is 0.494. The molecule has 0 aliphatic carbocycles. The van der Waals surface area contributed by atoms with Crippen molar-refractivity contribution in [2.24, 2.45) is 0 Å². The normalized spacial score (nSPS) is 12.3. The predicted molar refractivity (Wildman–Crippen MR) is 74.9 cm³/mol. The molecule has 3 rings (SSSR count). The van der Waals surface area contributed by atoms with Gasteiger partial charge in [-0.25, -0.2) is 0 Å². The Balaban J connectivity index is 2.09. The van der Waals surface area contributed by atoms with Crippen molar-refractivity contribution >= 4 is 21.6 Å². The van der Waals surface area contributed by atoms with E-state index in [1.54, 1.807) is 12.1 Å². The van der Waals surface area contributed by atoms with Crippen LogP contribution in [-0.2, 0) is 6.42 Å². The maximum Gasteiger partial charge on any atom is 0.269 e. The summed E-state index contributed by atoms with van der Waals surface area (Å²) in [4.78, 5) is 10.4. The van der Waals surface area contributed by atoms with E-state index in [9.17, 15) is 10.1 Å². The van der Waals surface area contributed by atoms with E-state index in [4.69, 9.17) is 4.74 Å². The first-order valence-corrected chi connectivity index (χ1v) is 6.58. The smallest absolute Gasteiger partial charge is 0.269 e. The second-order valence-corrected chi connectivity index (χ2v) is 5.42. The molecule has 1 heterocycles. The monoisotopic (exact) mass is 319 g/mol. The number of halogens is 1. The minimum Gasteiger partial charge on any atom is -0.456 e. The molecule has 1 aliphatic rings. The molecule has 2 aromatic rings. The third-order valence-electron chi connectivity index (χ3n) is 3.11. The Labute approximate surface area is 118 Å². The van der Waals surface area contributed by atoms with Crippen LogP contribution in [0, 0.1) is 17.0 Å². The number of benzene rings is 2. The van der Waals surface area contributed by atoms with Crippen LogP contribution in [0.2, 0.25) is 0 Å². The molecule has 5 heteroatoms. The van der Waals surface area contributed by atoms with Crippen LogP contribution >= 0.6 is 15.9 Å². The number of rotatable bonds is 1. The van der Waals surface area contributed by atoms with Gasteiger partial charge in [-0.05, 0) is 40.5 Å². The molecule has 2 aromatic carbocycles. The summed E-state index contributed by atoms with van der Waals surface area (Å²) in [6.45, 7) is 2.01. The number of fused-ring (bicyclic) bond motifs is 2. The molecule has 96 valence electrons. The summed E-state index contributed by atoms with van der Waals surface area (Å²) in [5.74, 6) is 1.48. The number of nitro groups is 1. The van der Waals surface area contributed by atoms with Gasteiger partial charge in [0.25, 0.3) is 5.69 Å². The van der Waals surface area contributed by atoms with E-state index >= 15 is 0 Å². The highest BCUT2D eigenvalue weighted by Gasteiger charge is 2.21. The van der Waals surface area contributed by atoms with Gasteiger partial charge in [0.1, 0.15) is 11.5 Å². The second-order valence-electron chi connectivity index (χ2n) is 4.56. The van der Waals surface area contributed by atoms with Crippen LogP contribution in [0.15, 0.2) is 34.8 Å². The summed E-state index contributed by atoms with van der Waals surface area (Å²) in [6, 6.07) is 8.74. The summed E-state index contributed by atoms with van der Waals surface area (Å²) in [5, 5.41) is 10.8. The number of hydrogen-bond acceptors (Lipinski definition) is 3. The molecule has 0 atom stereocenters. The molecule has 0 radical (unpaired) electrons. The highest BCUT2D eigenvalue weighted by Crippen LogP contribution is 2.42. The molecule has 0 spiro atoms. The first-order chi connectivity index (χ1) is 9.04. The Morgan fingerprint density at radius 2 is 2.05 bits per heavy atom. The van der Waals surface area contributed by atoms with Crippen molar-refractivity contribution in [3.05, 3.63) is 61.6 Å². The van der Waals surface area contributed by atoms with Crippen LogP contribution in [0.25, 0.3) is 0 Å². The zero-order valence-corrected chi connectivity index (χ0v) is 11.7. The Morgan fingerprint density at radius 1 is 1.26 bits per heavy atom. The molecule has 4 nitrogen and oxygen atoms in total. The van der Waals surface area contributed by atoms with Gasteiger partial charge in [-0.15, -0.1) is 0 Å². The minimum absolute atomic E-state index is 0.0949. The molecule has 0 fully saturated rings. The standard InChI is InChI=1S/C14H10BrNO3/c1-8-4-10-6-9-7-11(16(17)18)2-3-13(9)19-14(10)12(15)5-8/h2-5,7H,6H2,1H3. The molecule has 0 unspecified atom stereocenters. The van der Waals surface area contributed by atoms with E-state index in [2.05, 4.69) is 15.9 Å². The largest absolute Gasteiger partial charge is 0.456 e. The van der Waals surface area contributed by atoms with Gasteiger partial charge < -0.3 is 4.74 Å². The Hall–Kier alpha value is -1.88. The first-order valence-electron chi connectivity index (χ1n) is 5.79. The van der Waals surface area contributed by atoms with Gasteiger partial charge in [-0.1, -0.05) is 6.07 Å². The van der Waals surface area contributed by atoms with Crippen molar-refractivity contribution in [3.8, 4) is 11.5 Å². The Morgan fingerprint density at radius 3 is 2.79 bits per heavy atom. The number of nitrogens with zero attached hydrogens (tertiary/aromatic N) is 1. The van der Waals surface area contributed by atoms with Crippen molar-refractivity contribution < 1.29 is 9.66 Å². The van der Waals surface area contributed by atoms with Crippen molar-refractivity contribution in [1.29, 1.82) is 0 Å². The fourth-order valence-corrected chi connectivity index (χ4v) is 2.98. The fourth-order valence-electron chi connectivity index (χ4n) is 2.28. The van der Waals surface area contributed by atoms with Crippen molar-refractivity contribution in [1.82, 2.24) is 0 Å². The fraction of sp³-hybridized carbons (Fsp3) is 0.143. The molecular formula is C14H10BrNO3. The number of non-ortho nitro benzene ring substituents is 1. The van der Waals surface area contributed by atoms with Gasteiger partial charge in [0.15, 0.2) is 0 Å². The van der Waals surface area contributed by atoms with Gasteiger partial charge in [-0.2, -0.15) is 0 Å². The maximum atomic E-state index is 10.8. The van der Waals surface area contributed by atoms with Gasteiger partial charge in [-0.3, -0.25) is 10.1 Å². The molecule has 0 amide bonds. The van der Waals surface area contributed by atoms with E-state index in [1.165, 1.54) is 6.07 Å². The summed E-state index contributed by atoms with van der Waals surface area (Å²) in [5.41, 5.74) is 3.11. The topological polar surface area (TPSA) is 52.4 Å². The highest BCUT2D eigenvalue weighted by molar-refractivity contribution is 9.10. The van der Waals surface area contributed by atoms with Crippen LogP contribution < -0.4 is 4.74 Å². The molecule has 1 aliphatic heterocycles. The van der Waals surface area contributed by atoms with Gasteiger partial charge in [0.05, 0.1) is 9.40 Å². The Kier molecular flexibility index (Phi) is 2.78. The minimum atomic E-state index is -0.387. The van der Waals surface area contributed by atoms with E-state index in [1.807, 2.05) is 19.1 Å². The maximum absolute atomic E-state index is 10.8. The van der Waals surface area contributed by atoms with Crippen molar-refractivity contribution in [3.63, 3.8) is 0 Å². The lowest BCUT2D eigenvalue weighted by molar-refractivity contribution is -0.384. The molecule has 0 bridgehead atoms. The van der Waals surface area contributed by atoms with E-state index < -0.39 is 0 Å². The highest BCUT2D eigenvalue weighted by atomic mass is 79.9. The van der Waals surface area contributed by atoms with Gasteiger partial charge in [0.2, 0.25) is 0 Å². The lowest BCUT2D eigenvalue weighted by Gasteiger charge is -2.21. The summed E-state index contributed by atoms with van der Waals surface area (Å²) < 4.78 is 6.74. The zero-order valence-electron chi connectivity index (χ0n) is 10.1. The number of ether oxygens (including phenoxy) is 1. The molecule has 0 N–H and O–H groups in total. The first kappa shape index (κ1) is 12.2. The molecule has 0 saturated heterocycles. The summed E-state index contributed by atoms with van der Waals surface area (Å²) >= 11 is 3.49. The van der Waals surface area contributed by atoms with Crippen LogP contribution in [-0.4, -0.2) is 4.92 Å². The second kappa shape index (κ2) is 4.35. The SMILES string of the molecule is Cc1cc(Br)c2c(c1)Cc1cc([N+](=O)[O-])ccc1O2. The molecule has 0 saturated carbocycles. The third-order valence-corrected chi connectivity index (χ3v) is 3.70. The van der Waals surface area contributed by atoms with Crippen LogP contribution in [0.1, 0.15) is 16.7 Å². The lowest BCUT2D eigenvalue weighted by Crippen LogP contribution is -2.04. The van der Waals surface area contributed by atoms with Crippen LogP contribution in [0.3, 0.4) is 0 Å².